The number of rotatable bonds is 6. The van der Waals surface area contributed by atoms with Gasteiger partial charge >= 0.3 is 5.97 Å². The number of carboxylic acids is 1. The molecule has 3 N–H and O–H groups in total. The molecule has 2 fully saturated rings. The average Bonchev–Trinajstić information content (AvgIpc) is 2.71. The van der Waals surface area contributed by atoms with Gasteiger partial charge in [-0.05, 0) is 25.7 Å². The minimum absolute atomic E-state index is 0.0184. The first kappa shape index (κ1) is 15.3. The molecule has 1 heterocycles. The number of amides is 1. The third kappa shape index (κ3) is 4.18. The molecule has 0 aromatic heterocycles. The largest absolute Gasteiger partial charge is 0.480 e. The number of aliphatic carboxylic acids is 1. The number of hydrogen-bond acceptors (Lipinski definition) is 4. The van der Waals surface area contributed by atoms with E-state index in [1.807, 2.05) is 0 Å². The van der Waals surface area contributed by atoms with E-state index in [2.05, 4.69) is 0 Å². The molecule has 0 radical (unpaired) electrons. The summed E-state index contributed by atoms with van der Waals surface area (Å²) in [7, 11) is 0. The van der Waals surface area contributed by atoms with E-state index in [0.29, 0.717) is 6.54 Å². The molecule has 0 aromatic rings. The Morgan fingerprint density at radius 3 is 2.50 bits per heavy atom. The van der Waals surface area contributed by atoms with Gasteiger partial charge in [-0.1, -0.05) is 19.3 Å². The fourth-order valence-electron chi connectivity index (χ4n) is 3.47. The molecule has 6 nitrogen and oxygen atoms in total. The minimum atomic E-state index is -0.948. The molecule has 6 heteroatoms. The van der Waals surface area contributed by atoms with Gasteiger partial charge in [0.1, 0.15) is 0 Å². The van der Waals surface area contributed by atoms with Gasteiger partial charge in [0.25, 0.3) is 0 Å². The fourth-order valence-corrected chi connectivity index (χ4v) is 3.47. The van der Waals surface area contributed by atoms with Gasteiger partial charge in [-0.15, -0.1) is 0 Å². The normalized spacial score (nSPS) is 25.1. The maximum Gasteiger partial charge on any atom is 0.317 e. The van der Waals surface area contributed by atoms with Crippen LogP contribution in [0.4, 0.5) is 0 Å². The second-order valence-corrected chi connectivity index (χ2v) is 6.05. The highest BCUT2D eigenvalue weighted by Crippen LogP contribution is 2.41. The molecule has 20 heavy (non-hydrogen) atoms. The van der Waals surface area contributed by atoms with Crippen molar-refractivity contribution in [2.45, 2.75) is 56.7 Å². The van der Waals surface area contributed by atoms with Crippen LogP contribution in [0.3, 0.4) is 0 Å². The lowest BCUT2D eigenvalue weighted by Crippen LogP contribution is -2.42. The lowest BCUT2D eigenvalue weighted by molar-refractivity contribution is -0.139. The van der Waals surface area contributed by atoms with Gasteiger partial charge < -0.3 is 15.6 Å². The van der Waals surface area contributed by atoms with Crippen LogP contribution in [0.2, 0.25) is 0 Å². The summed E-state index contributed by atoms with van der Waals surface area (Å²) in [5.74, 6) is -1.45. The van der Waals surface area contributed by atoms with Gasteiger partial charge in [-0.3, -0.25) is 14.5 Å². The molecule has 1 spiro atoms. The maximum atomic E-state index is 11.0. The van der Waals surface area contributed by atoms with Crippen LogP contribution in [0.15, 0.2) is 0 Å². The van der Waals surface area contributed by atoms with Crippen molar-refractivity contribution in [3.63, 3.8) is 0 Å². The van der Waals surface area contributed by atoms with Crippen LogP contribution in [0.1, 0.15) is 44.9 Å². The monoisotopic (exact) mass is 284 g/mol. The molecular weight excluding hydrogens is 260 g/mol. The highest BCUT2D eigenvalue weighted by molar-refractivity contribution is 5.77. The summed E-state index contributed by atoms with van der Waals surface area (Å²) in [5, 5.41) is 8.88. The maximum absolute atomic E-state index is 11.0. The van der Waals surface area contributed by atoms with Crippen molar-refractivity contribution in [2.24, 2.45) is 5.73 Å². The number of carbonyl (C=O) groups excluding carboxylic acids is 1. The molecule has 1 amide bonds. The summed E-state index contributed by atoms with van der Waals surface area (Å²) < 4.78 is 6.20. The predicted molar refractivity (Wildman–Crippen MR) is 73.2 cm³/mol. The van der Waals surface area contributed by atoms with Crippen LogP contribution >= 0.6 is 0 Å². The zero-order valence-electron chi connectivity index (χ0n) is 11.8. The lowest BCUT2D eigenvalue weighted by Gasteiger charge is -2.34. The Morgan fingerprint density at radius 2 is 1.90 bits per heavy atom. The number of carbonyl (C=O) groups is 2. The van der Waals surface area contributed by atoms with E-state index in [4.69, 9.17) is 15.6 Å². The summed E-state index contributed by atoms with van der Waals surface area (Å²) >= 11 is 0. The van der Waals surface area contributed by atoms with Gasteiger partial charge in [0, 0.05) is 6.54 Å². The molecule has 1 aliphatic heterocycles. The van der Waals surface area contributed by atoms with Crippen molar-refractivity contribution < 1.29 is 19.4 Å². The second-order valence-electron chi connectivity index (χ2n) is 6.05. The van der Waals surface area contributed by atoms with Crippen LogP contribution in [0, 0.1) is 0 Å². The van der Waals surface area contributed by atoms with Crippen molar-refractivity contribution in [3.05, 3.63) is 0 Å². The minimum Gasteiger partial charge on any atom is -0.480 e. The van der Waals surface area contributed by atoms with Gasteiger partial charge in [0.05, 0.1) is 24.8 Å². The average molecular weight is 284 g/mol. The summed E-state index contributed by atoms with van der Waals surface area (Å²) in [6.45, 7) is 0.270. The van der Waals surface area contributed by atoms with Crippen molar-refractivity contribution in [1.29, 1.82) is 0 Å². The first-order chi connectivity index (χ1) is 9.49. The molecular formula is C14H24N2O4. The molecule has 2 aliphatic rings. The third-order valence-electron chi connectivity index (χ3n) is 4.30. The van der Waals surface area contributed by atoms with Crippen LogP contribution in [0.5, 0.6) is 0 Å². The van der Waals surface area contributed by atoms with Gasteiger partial charge in [-0.25, -0.2) is 0 Å². The van der Waals surface area contributed by atoms with Crippen LogP contribution in [-0.4, -0.2) is 53.2 Å². The molecule has 1 atom stereocenters. The van der Waals surface area contributed by atoms with Crippen LogP contribution < -0.4 is 5.73 Å². The van der Waals surface area contributed by atoms with E-state index >= 15 is 0 Å². The predicted octanol–water partition coefficient (Wildman–Crippen LogP) is 0.740. The first-order valence-corrected chi connectivity index (χ1v) is 7.39. The summed E-state index contributed by atoms with van der Waals surface area (Å²) in [4.78, 5) is 23.4. The Bertz CT molecular complexity index is 350. The SMILES string of the molecule is NC(=O)CN(CC(=O)O)CC1CCC2(CCCCC2)O1. The quantitative estimate of drug-likeness (QED) is 0.750. The number of nitrogens with zero attached hydrogens (tertiary/aromatic N) is 1. The van der Waals surface area contributed by atoms with Crippen molar-refractivity contribution >= 4 is 11.9 Å². The third-order valence-corrected chi connectivity index (χ3v) is 4.30. The zero-order chi connectivity index (χ0) is 14.6. The van der Waals surface area contributed by atoms with E-state index in [-0.39, 0.29) is 24.8 Å². The van der Waals surface area contributed by atoms with E-state index in [0.717, 1.165) is 25.7 Å². The second kappa shape index (κ2) is 6.54. The Balaban J connectivity index is 1.87. The highest BCUT2D eigenvalue weighted by atomic mass is 16.5. The molecule has 1 saturated carbocycles. The smallest absolute Gasteiger partial charge is 0.317 e. The van der Waals surface area contributed by atoms with Gasteiger partial charge in [0.15, 0.2) is 0 Å². The van der Waals surface area contributed by atoms with Crippen molar-refractivity contribution in [3.8, 4) is 0 Å². The molecule has 1 aliphatic carbocycles. The Labute approximate surface area is 119 Å². The molecule has 2 rings (SSSR count). The Morgan fingerprint density at radius 1 is 1.20 bits per heavy atom. The fraction of sp³-hybridized carbons (Fsp3) is 0.857. The van der Waals surface area contributed by atoms with Gasteiger partial charge in [-0.2, -0.15) is 0 Å². The number of nitrogens with two attached hydrogens (primary N) is 1. The Kier molecular flexibility index (Phi) is 4.99. The molecule has 0 bridgehead atoms. The summed E-state index contributed by atoms with van der Waals surface area (Å²) in [6.07, 6.45) is 7.94. The highest BCUT2D eigenvalue weighted by Gasteiger charge is 2.41. The molecule has 0 aromatic carbocycles. The van der Waals surface area contributed by atoms with Crippen molar-refractivity contribution in [2.75, 3.05) is 19.6 Å². The zero-order valence-corrected chi connectivity index (χ0v) is 11.8. The molecule has 1 saturated heterocycles. The van der Waals surface area contributed by atoms with E-state index in [1.165, 1.54) is 19.3 Å². The van der Waals surface area contributed by atoms with E-state index < -0.39 is 11.9 Å². The van der Waals surface area contributed by atoms with Crippen LogP contribution in [0.25, 0.3) is 0 Å². The van der Waals surface area contributed by atoms with Crippen LogP contribution in [-0.2, 0) is 14.3 Å². The molecule has 1 unspecified atom stereocenters. The van der Waals surface area contributed by atoms with E-state index in [9.17, 15) is 9.59 Å². The number of carboxylic acid groups (broad SMARTS) is 1. The standard InChI is InChI=1S/C14H24N2O4/c15-12(17)9-16(10-13(18)19)8-11-4-7-14(20-11)5-2-1-3-6-14/h11H,1-10H2,(H2,15,17)(H,18,19). The van der Waals surface area contributed by atoms with Crippen molar-refractivity contribution in [1.82, 2.24) is 4.90 Å². The van der Waals surface area contributed by atoms with Gasteiger partial charge in [0.2, 0.25) is 5.91 Å². The lowest BCUT2D eigenvalue weighted by atomic mass is 9.83. The summed E-state index contributed by atoms with van der Waals surface area (Å²) in [6, 6.07) is 0. The molecule has 114 valence electrons. The number of primary amides is 1. The number of ether oxygens (including phenoxy) is 1. The Hall–Kier alpha value is -1.14. The summed E-state index contributed by atoms with van der Waals surface area (Å²) in [5.41, 5.74) is 5.18. The topological polar surface area (TPSA) is 92.9 Å². The van der Waals surface area contributed by atoms with E-state index in [1.54, 1.807) is 4.90 Å². The first-order valence-electron chi connectivity index (χ1n) is 7.39. The number of hydrogen-bond donors (Lipinski definition) is 2.